The van der Waals surface area contributed by atoms with E-state index in [1.165, 1.54) is 57.8 Å². The molecular weight excluding hydrogens is 873 g/mol. The van der Waals surface area contributed by atoms with Crippen LogP contribution in [0.2, 0.25) is 0 Å². The second-order valence-electron chi connectivity index (χ2n) is 17.9. The summed E-state index contributed by atoms with van der Waals surface area (Å²) in [7, 11) is 0. The molecule has 0 aromatic rings. The van der Waals surface area contributed by atoms with Crippen molar-refractivity contribution in [2.24, 2.45) is 0 Å². The van der Waals surface area contributed by atoms with Gasteiger partial charge in [-0.25, -0.2) is 0 Å². The number of hydrogen-bond donors (Lipinski definition) is 1. The molecule has 5 heteroatoms. The summed E-state index contributed by atoms with van der Waals surface area (Å²) in [6, 6.07) is 0. The van der Waals surface area contributed by atoms with E-state index in [1.54, 1.807) is 0 Å². The first-order valence-corrected chi connectivity index (χ1v) is 28.2. The molecule has 0 spiro atoms. The minimum absolute atomic E-state index is 0.0987. The van der Waals surface area contributed by atoms with Gasteiger partial charge < -0.3 is 14.6 Å². The summed E-state index contributed by atoms with van der Waals surface area (Å²) in [6.45, 7) is 3.95. The number of carbonyl (C=O) groups excluding carboxylic acids is 2. The second-order valence-corrected chi connectivity index (χ2v) is 17.9. The lowest BCUT2D eigenvalue weighted by molar-refractivity contribution is -0.161. The van der Waals surface area contributed by atoms with Gasteiger partial charge in [-0.15, -0.1) is 0 Å². The lowest BCUT2D eigenvalue weighted by Gasteiger charge is -2.15. The van der Waals surface area contributed by atoms with Crippen LogP contribution in [0.25, 0.3) is 0 Å². The topological polar surface area (TPSA) is 72.8 Å². The number of allylic oxidation sites excluding steroid dienone is 28. The van der Waals surface area contributed by atoms with Gasteiger partial charge in [0.25, 0.3) is 0 Å². The summed E-state index contributed by atoms with van der Waals surface area (Å²) in [5.41, 5.74) is 0. The molecule has 0 aromatic carbocycles. The predicted octanol–water partition coefficient (Wildman–Crippen LogP) is 19.4. The van der Waals surface area contributed by atoms with Crippen LogP contribution in [0.15, 0.2) is 170 Å². The molecule has 0 saturated heterocycles. The van der Waals surface area contributed by atoms with E-state index >= 15 is 0 Å². The predicted molar refractivity (Wildman–Crippen MR) is 310 cm³/mol. The molecule has 0 heterocycles. The Morgan fingerprint density at radius 1 is 0.338 bits per heavy atom. The highest BCUT2D eigenvalue weighted by atomic mass is 16.6. The van der Waals surface area contributed by atoms with Gasteiger partial charge >= 0.3 is 11.9 Å². The highest BCUT2D eigenvalue weighted by molar-refractivity contribution is 5.70. The number of carbonyl (C=O) groups is 2. The molecule has 71 heavy (non-hydrogen) atoms. The first-order chi connectivity index (χ1) is 35.1. The molecule has 5 nitrogen and oxygen atoms in total. The summed E-state index contributed by atoms with van der Waals surface area (Å²) in [6.07, 6.45) is 93.1. The van der Waals surface area contributed by atoms with Crippen LogP contribution >= 0.6 is 0 Å². The Labute approximate surface area is 436 Å². The smallest absolute Gasteiger partial charge is 0.306 e. The normalized spacial score (nSPS) is 13.6. The highest BCUT2D eigenvalue weighted by Crippen LogP contribution is 2.12. The summed E-state index contributed by atoms with van der Waals surface area (Å²) >= 11 is 0. The van der Waals surface area contributed by atoms with Crippen LogP contribution in [0.1, 0.15) is 213 Å². The molecule has 0 amide bonds. The number of aliphatic hydroxyl groups is 1. The van der Waals surface area contributed by atoms with E-state index in [0.717, 1.165) is 122 Å². The van der Waals surface area contributed by atoms with Crippen molar-refractivity contribution < 1.29 is 24.2 Å². The van der Waals surface area contributed by atoms with Crippen molar-refractivity contribution in [3.63, 3.8) is 0 Å². The van der Waals surface area contributed by atoms with Crippen molar-refractivity contribution in [3.05, 3.63) is 170 Å². The van der Waals surface area contributed by atoms with Gasteiger partial charge in [0.15, 0.2) is 6.10 Å². The van der Waals surface area contributed by atoms with Crippen molar-refractivity contribution in [1.29, 1.82) is 0 Å². The van der Waals surface area contributed by atoms with Gasteiger partial charge in [-0.3, -0.25) is 9.59 Å². The summed E-state index contributed by atoms with van der Waals surface area (Å²) in [5, 5.41) is 9.63. The Morgan fingerprint density at radius 3 is 0.944 bits per heavy atom. The van der Waals surface area contributed by atoms with Crippen LogP contribution in [0, 0.1) is 0 Å². The molecular formula is C66H102O5. The van der Waals surface area contributed by atoms with Crippen molar-refractivity contribution in [1.82, 2.24) is 0 Å². The summed E-state index contributed by atoms with van der Waals surface area (Å²) < 4.78 is 10.6. The van der Waals surface area contributed by atoms with E-state index in [1.807, 2.05) is 0 Å². The van der Waals surface area contributed by atoms with E-state index in [-0.39, 0.29) is 31.6 Å². The largest absolute Gasteiger partial charge is 0.462 e. The number of aliphatic hydroxyl groups excluding tert-OH is 1. The van der Waals surface area contributed by atoms with Crippen LogP contribution in [-0.4, -0.2) is 36.4 Å². The summed E-state index contributed by atoms with van der Waals surface area (Å²) in [5.74, 6) is -0.664. The Kier molecular flexibility index (Phi) is 55.6. The molecule has 0 bridgehead atoms. The monoisotopic (exact) mass is 975 g/mol. The number of esters is 2. The van der Waals surface area contributed by atoms with E-state index in [4.69, 9.17) is 9.47 Å². The maximum atomic E-state index is 12.3. The number of ether oxygens (including phenoxy) is 2. The molecule has 0 radical (unpaired) electrons. The third kappa shape index (κ3) is 57.7. The van der Waals surface area contributed by atoms with Crippen LogP contribution in [-0.2, 0) is 19.1 Å². The van der Waals surface area contributed by atoms with Crippen LogP contribution < -0.4 is 0 Å². The third-order valence-electron chi connectivity index (χ3n) is 11.2. The Balaban J connectivity index is 3.72. The zero-order valence-corrected chi connectivity index (χ0v) is 45.2. The minimum Gasteiger partial charge on any atom is -0.462 e. The zero-order chi connectivity index (χ0) is 51.3. The van der Waals surface area contributed by atoms with Gasteiger partial charge in [0.1, 0.15) is 6.61 Å². The van der Waals surface area contributed by atoms with Crippen molar-refractivity contribution in [2.45, 2.75) is 219 Å². The van der Waals surface area contributed by atoms with Crippen molar-refractivity contribution in [3.8, 4) is 0 Å². The molecule has 0 aliphatic heterocycles. The second kappa shape index (κ2) is 59.6. The highest BCUT2D eigenvalue weighted by Gasteiger charge is 2.16. The fraction of sp³-hybridized carbons (Fsp3) is 0.545. The Bertz CT molecular complexity index is 1620. The molecule has 0 fully saturated rings. The summed E-state index contributed by atoms with van der Waals surface area (Å²) in [4.78, 5) is 24.5. The first-order valence-electron chi connectivity index (χ1n) is 28.2. The average molecular weight is 976 g/mol. The first kappa shape index (κ1) is 66.3. The Morgan fingerprint density at radius 2 is 0.606 bits per heavy atom. The van der Waals surface area contributed by atoms with Crippen LogP contribution in [0.5, 0.6) is 0 Å². The minimum atomic E-state index is -0.812. The van der Waals surface area contributed by atoms with Crippen molar-refractivity contribution >= 4 is 11.9 Å². The van der Waals surface area contributed by atoms with Crippen LogP contribution in [0.3, 0.4) is 0 Å². The lowest BCUT2D eigenvalue weighted by atomic mass is 10.1. The van der Waals surface area contributed by atoms with E-state index in [2.05, 4.69) is 184 Å². The molecule has 0 aliphatic rings. The molecule has 1 N–H and O–H groups in total. The third-order valence-corrected chi connectivity index (χ3v) is 11.2. The number of rotatable bonds is 49. The van der Waals surface area contributed by atoms with Gasteiger partial charge in [0, 0.05) is 12.8 Å². The zero-order valence-electron chi connectivity index (χ0n) is 45.2. The van der Waals surface area contributed by atoms with Crippen molar-refractivity contribution in [2.75, 3.05) is 13.2 Å². The fourth-order valence-electron chi connectivity index (χ4n) is 7.04. The lowest BCUT2D eigenvalue weighted by Crippen LogP contribution is -2.28. The number of hydrogen-bond acceptors (Lipinski definition) is 5. The van der Waals surface area contributed by atoms with E-state index in [9.17, 15) is 14.7 Å². The fourth-order valence-corrected chi connectivity index (χ4v) is 7.04. The van der Waals surface area contributed by atoms with Gasteiger partial charge in [0.05, 0.1) is 6.61 Å². The molecule has 1 unspecified atom stereocenters. The van der Waals surface area contributed by atoms with Crippen LogP contribution in [0.4, 0.5) is 0 Å². The molecule has 0 saturated carbocycles. The average Bonchev–Trinajstić information content (AvgIpc) is 3.37. The van der Waals surface area contributed by atoms with Gasteiger partial charge in [0.2, 0.25) is 0 Å². The van der Waals surface area contributed by atoms with Gasteiger partial charge in [-0.05, 0) is 135 Å². The molecule has 0 rings (SSSR count). The molecule has 1 atom stereocenters. The van der Waals surface area contributed by atoms with Gasteiger partial charge in [-0.1, -0.05) is 235 Å². The maximum Gasteiger partial charge on any atom is 0.306 e. The van der Waals surface area contributed by atoms with E-state index in [0.29, 0.717) is 12.8 Å². The van der Waals surface area contributed by atoms with E-state index < -0.39 is 6.10 Å². The quantitative estimate of drug-likeness (QED) is 0.0374. The number of unbranched alkanes of at least 4 members (excludes halogenated alkanes) is 13. The van der Waals surface area contributed by atoms with Gasteiger partial charge in [-0.2, -0.15) is 0 Å². The SMILES string of the molecule is CC/C=C\C/C=C\C/C=C\C/C=C\C/C=C\C/C=C\C/C=C\C/C=C\C/C=C\C/C=C\C/C=C\C/C=C\CCCCC(=O)OC(CO)COC(=O)CCCCCCCCC/C=C\C/C=C\CCCCCC. The maximum absolute atomic E-state index is 12.3. The Hall–Kier alpha value is -4.74. The standard InChI is InChI=1S/C66H102O5/c1-3-5-7-9-11-13-15-17-19-21-23-24-25-26-27-28-29-30-31-32-33-34-35-36-37-38-39-40-41-42-43-45-47-49-51-53-55-57-59-61-66(69)71-64(62-67)63-70-65(68)60-58-56-54-52-50-48-46-44-22-20-18-16-14-12-10-8-6-4-2/h5,7,11,13-14,16-17,19-20,22-24,26-27,29-30,32-33,35-36,38-39,41-42,45,47,51,53,64,67H,3-4,6,8-10,12,15,18,21,25,28,31,34,37,40,43-44,46,48-50,52,54-63H2,1-2H3/b7-5-,13-11-,16-14-,19-17-,22-20-,24-23-,27-26-,30-29-,33-32-,36-35-,39-38-,42-41-,47-45-,53-51-. The molecule has 0 aromatic heterocycles. The molecule has 0 aliphatic carbocycles. The molecule has 396 valence electrons.